The van der Waals surface area contributed by atoms with Gasteiger partial charge in [0.1, 0.15) is 35.2 Å². The van der Waals surface area contributed by atoms with Crippen molar-refractivity contribution in [2.45, 2.75) is 0 Å². The zero-order chi connectivity index (χ0) is 22.4. The molecule has 0 aliphatic carbocycles. The summed E-state index contributed by atoms with van der Waals surface area (Å²) < 4.78 is 18.7. The highest BCUT2D eigenvalue weighted by Crippen LogP contribution is 2.31. The molecule has 2 aromatic carbocycles. The summed E-state index contributed by atoms with van der Waals surface area (Å²) in [5.74, 6) is -0.110. The molecule has 2 N–H and O–H groups in total. The minimum absolute atomic E-state index is 0.182. The molecule has 0 aliphatic rings. The van der Waals surface area contributed by atoms with E-state index in [1.807, 2.05) is 0 Å². The maximum atomic E-state index is 13.1. The van der Waals surface area contributed by atoms with E-state index in [-0.39, 0.29) is 23.0 Å². The molecule has 1 amide bonds. The highest BCUT2D eigenvalue weighted by molar-refractivity contribution is 9.10. The van der Waals surface area contributed by atoms with Crippen molar-refractivity contribution in [3.63, 3.8) is 0 Å². The molecule has 1 aromatic heterocycles. The van der Waals surface area contributed by atoms with Crippen molar-refractivity contribution in [1.82, 2.24) is 9.97 Å². The number of halogens is 2. The fraction of sp³-hybridized carbons (Fsp3) is 0.0500. The van der Waals surface area contributed by atoms with Crippen LogP contribution in [0.1, 0.15) is 5.56 Å². The van der Waals surface area contributed by atoms with Gasteiger partial charge in [-0.15, -0.1) is 0 Å². The van der Waals surface area contributed by atoms with Crippen LogP contribution in [0.25, 0.3) is 6.08 Å². The first-order valence-corrected chi connectivity index (χ1v) is 9.50. The molecule has 11 heteroatoms. The Morgan fingerprint density at radius 2 is 1.97 bits per heavy atom. The first-order chi connectivity index (χ1) is 14.9. The number of benzene rings is 2. The van der Waals surface area contributed by atoms with Crippen LogP contribution < -0.4 is 15.4 Å². The van der Waals surface area contributed by atoms with Crippen LogP contribution in [0.2, 0.25) is 0 Å². The Labute approximate surface area is 184 Å². The number of ether oxygens (including phenoxy) is 1. The molecule has 158 valence electrons. The highest BCUT2D eigenvalue weighted by Gasteiger charge is 2.16. The molecule has 0 bridgehead atoms. The van der Waals surface area contributed by atoms with Gasteiger partial charge in [-0.05, 0) is 35.9 Å². The normalized spacial score (nSPS) is 10.7. The summed E-state index contributed by atoms with van der Waals surface area (Å²) in [6.45, 7) is 0. The van der Waals surface area contributed by atoms with Crippen molar-refractivity contribution in [3.05, 3.63) is 80.8 Å². The lowest BCUT2D eigenvalue weighted by atomic mass is 10.2. The number of aromatic nitrogens is 2. The zero-order valence-electron chi connectivity index (χ0n) is 16.0. The second kappa shape index (κ2) is 9.76. The molecule has 3 rings (SSSR count). The Hall–Kier alpha value is -3.86. The Balaban J connectivity index is 1.73. The lowest BCUT2D eigenvalue weighted by molar-refractivity contribution is -0.384. The van der Waals surface area contributed by atoms with Gasteiger partial charge in [0.25, 0.3) is 5.69 Å². The predicted molar refractivity (Wildman–Crippen MR) is 117 cm³/mol. The van der Waals surface area contributed by atoms with Gasteiger partial charge < -0.3 is 15.4 Å². The standard InChI is InChI=1S/C20H15BrFN5O4/c1-31-14-5-6-16(17(9-14)27(29)30)25-18-10-19(24-11-23-18)26-20(28)7-3-12-2-4-13(22)8-15(12)21/h2-11H,1H3,(H2,23,24,25,26,28)/b7-3+. The van der Waals surface area contributed by atoms with Crippen LogP contribution in [0.15, 0.2) is 59.3 Å². The van der Waals surface area contributed by atoms with Crippen LogP contribution >= 0.6 is 15.9 Å². The number of anilines is 3. The number of nitro benzene ring substituents is 1. The Morgan fingerprint density at radius 3 is 2.68 bits per heavy atom. The maximum Gasteiger partial charge on any atom is 0.296 e. The summed E-state index contributed by atoms with van der Waals surface area (Å²) in [4.78, 5) is 30.9. The van der Waals surface area contributed by atoms with Gasteiger partial charge in [0, 0.05) is 16.6 Å². The van der Waals surface area contributed by atoms with E-state index in [0.29, 0.717) is 15.8 Å². The molecule has 0 unspecified atom stereocenters. The quantitative estimate of drug-likeness (QED) is 0.281. The summed E-state index contributed by atoms with van der Waals surface area (Å²) in [6.07, 6.45) is 3.98. The molecule has 31 heavy (non-hydrogen) atoms. The summed E-state index contributed by atoms with van der Waals surface area (Å²) in [5, 5.41) is 16.7. The van der Waals surface area contributed by atoms with E-state index in [1.165, 1.54) is 62.0 Å². The molecule has 0 fully saturated rings. The molecule has 0 atom stereocenters. The van der Waals surface area contributed by atoms with E-state index in [0.717, 1.165) is 0 Å². The van der Waals surface area contributed by atoms with Gasteiger partial charge in [0.05, 0.1) is 18.1 Å². The van der Waals surface area contributed by atoms with Crippen LogP contribution in [0, 0.1) is 15.9 Å². The van der Waals surface area contributed by atoms with Crippen molar-refractivity contribution >= 4 is 50.9 Å². The summed E-state index contributed by atoms with van der Waals surface area (Å²) in [6, 6.07) is 9.86. The van der Waals surface area contributed by atoms with Crippen molar-refractivity contribution < 1.29 is 18.8 Å². The largest absolute Gasteiger partial charge is 0.496 e. The van der Waals surface area contributed by atoms with E-state index in [4.69, 9.17) is 4.74 Å². The van der Waals surface area contributed by atoms with Crippen molar-refractivity contribution in [2.24, 2.45) is 0 Å². The first kappa shape index (κ1) is 21.8. The van der Waals surface area contributed by atoms with Crippen LogP contribution in [0.5, 0.6) is 5.75 Å². The molecule has 0 spiro atoms. The molecule has 0 radical (unpaired) electrons. The summed E-state index contributed by atoms with van der Waals surface area (Å²) >= 11 is 3.22. The third-order valence-electron chi connectivity index (χ3n) is 3.96. The van der Waals surface area contributed by atoms with E-state index < -0.39 is 16.6 Å². The summed E-state index contributed by atoms with van der Waals surface area (Å²) in [7, 11) is 1.41. The van der Waals surface area contributed by atoms with Gasteiger partial charge in [-0.3, -0.25) is 14.9 Å². The predicted octanol–water partition coefficient (Wildman–Crippen LogP) is 4.69. The third kappa shape index (κ3) is 5.82. The molecule has 1 heterocycles. The van der Waals surface area contributed by atoms with Gasteiger partial charge in [0.15, 0.2) is 0 Å². The monoisotopic (exact) mass is 487 g/mol. The van der Waals surface area contributed by atoms with Gasteiger partial charge in [0.2, 0.25) is 5.91 Å². The van der Waals surface area contributed by atoms with Crippen LogP contribution in [0.3, 0.4) is 0 Å². The van der Waals surface area contributed by atoms with Crippen molar-refractivity contribution in [2.75, 3.05) is 17.7 Å². The Bertz CT molecular complexity index is 1170. The van der Waals surface area contributed by atoms with Gasteiger partial charge in [-0.2, -0.15) is 0 Å². The molecular formula is C20H15BrFN5O4. The average Bonchev–Trinajstić information content (AvgIpc) is 2.73. The highest BCUT2D eigenvalue weighted by atomic mass is 79.9. The lowest BCUT2D eigenvalue weighted by Crippen LogP contribution is -2.10. The molecule has 0 saturated carbocycles. The van der Waals surface area contributed by atoms with Crippen molar-refractivity contribution in [3.8, 4) is 5.75 Å². The molecule has 3 aromatic rings. The van der Waals surface area contributed by atoms with Gasteiger partial charge in [-0.25, -0.2) is 14.4 Å². The second-order valence-corrected chi connectivity index (χ2v) is 6.90. The average molecular weight is 488 g/mol. The van der Waals surface area contributed by atoms with Crippen molar-refractivity contribution in [1.29, 1.82) is 0 Å². The van der Waals surface area contributed by atoms with Crippen LogP contribution in [-0.4, -0.2) is 27.9 Å². The van der Waals surface area contributed by atoms with Crippen LogP contribution in [0.4, 0.5) is 27.4 Å². The fourth-order valence-electron chi connectivity index (χ4n) is 2.50. The first-order valence-electron chi connectivity index (χ1n) is 8.71. The Morgan fingerprint density at radius 1 is 1.19 bits per heavy atom. The number of carbonyl (C=O) groups excluding carboxylic acids is 1. The minimum Gasteiger partial charge on any atom is -0.496 e. The van der Waals surface area contributed by atoms with E-state index in [9.17, 15) is 19.3 Å². The van der Waals surface area contributed by atoms with E-state index in [2.05, 4.69) is 36.5 Å². The molecule has 0 aliphatic heterocycles. The molecule has 9 nitrogen and oxygen atoms in total. The number of amides is 1. The number of carbonyl (C=O) groups is 1. The number of nitrogens with one attached hydrogen (secondary N) is 2. The smallest absolute Gasteiger partial charge is 0.296 e. The number of hydrogen-bond donors (Lipinski definition) is 2. The molecular weight excluding hydrogens is 473 g/mol. The number of rotatable bonds is 7. The SMILES string of the molecule is COc1ccc(Nc2cc(NC(=O)/C=C/c3ccc(F)cc3Br)ncn2)c([N+](=O)[O-])c1. The summed E-state index contributed by atoms with van der Waals surface area (Å²) in [5.41, 5.74) is 0.618. The number of nitrogens with zero attached hydrogens (tertiary/aromatic N) is 3. The maximum absolute atomic E-state index is 13.1. The number of methoxy groups -OCH3 is 1. The Kier molecular flexibility index (Phi) is 6.88. The van der Waals surface area contributed by atoms with E-state index in [1.54, 1.807) is 6.07 Å². The van der Waals surface area contributed by atoms with Gasteiger partial charge in [-0.1, -0.05) is 22.0 Å². The zero-order valence-corrected chi connectivity index (χ0v) is 17.6. The molecule has 0 saturated heterocycles. The third-order valence-corrected chi connectivity index (χ3v) is 4.65. The van der Waals surface area contributed by atoms with E-state index >= 15 is 0 Å². The topological polar surface area (TPSA) is 119 Å². The lowest BCUT2D eigenvalue weighted by Gasteiger charge is -2.09. The number of nitro groups is 1. The van der Waals surface area contributed by atoms with Gasteiger partial charge >= 0.3 is 0 Å². The minimum atomic E-state index is -0.549. The number of hydrogen-bond acceptors (Lipinski definition) is 7. The van der Waals surface area contributed by atoms with Crippen LogP contribution in [-0.2, 0) is 4.79 Å². The fourth-order valence-corrected chi connectivity index (χ4v) is 2.98. The second-order valence-electron chi connectivity index (χ2n) is 6.04.